The second kappa shape index (κ2) is 12.9. The lowest BCUT2D eigenvalue weighted by molar-refractivity contribution is 0.0342. The third kappa shape index (κ3) is 6.66. The molecule has 6 rings (SSSR count). The topological polar surface area (TPSA) is 86.9 Å². The average molecular weight is 579 g/mol. The molecule has 1 aromatic heterocycles. The quantitative estimate of drug-likeness (QED) is 0.312. The van der Waals surface area contributed by atoms with Crippen molar-refractivity contribution in [2.45, 2.75) is 33.5 Å². The molecule has 0 spiro atoms. The third-order valence-electron chi connectivity index (χ3n) is 8.20. The summed E-state index contributed by atoms with van der Waals surface area (Å²) in [7, 11) is 0. The van der Waals surface area contributed by atoms with E-state index in [0.717, 1.165) is 60.9 Å². The number of carbonyl (C=O) groups excluding carboxylic acids is 1. The number of ether oxygens (including phenoxy) is 2. The Morgan fingerprint density at radius 3 is 2.35 bits per heavy atom. The molecule has 1 saturated heterocycles. The number of pyridine rings is 1. The molecule has 0 unspecified atom stereocenters. The van der Waals surface area contributed by atoms with Gasteiger partial charge >= 0.3 is 0 Å². The number of hydrogen-bond acceptors (Lipinski definition) is 6. The molecule has 0 aliphatic carbocycles. The van der Waals surface area contributed by atoms with E-state index in [4.69, 9.17) is 9.47 Å². The highest BCUT2D eigenvalue weighted by Gasteiger charge is 2.26. The van der Waals surface area contributed by atoms with Gasteiger partial charge in [0.25, 0.3) is 11.5 Å². The Hall–Kier alpha value is -4.40. The second-order valence-electron chi connectivity index (χ2n) is 11.3. The van der Waals surface area contributed by atoms with Gasteiger partial charge < -0.3 is 24.7 Å². The summed E-state index contributed by atoms with van der Waals surface area (Å²) in [5, 5.41) is 2.99. The minimum absolute atomic E-state index is 0.128. The summed E-state index contributed by atoms with van der Waals surface area (Å²) < 4.78 is 11.7. The maximum absolute atomic E-state index is 13.8. The molecule has 2 N–H and O–H groups in total. The van der Waals surface area contributed by atoms with E-state index in [1.807, 2.05) is 44.2 Å². The molecule has 2 aliphatic rings. The van der Waals surface area contributed by atoms with Crippen LogP contribution < -0.4 is 20.5 Å². The second-order valence-corrected chi connectivity index (χ2v) is 11.3. The maximum atomic E-state index is 13.8. The van der Waals surface area contributed by atoms with Crippen LogP contribution in [0.5, 0.6) is 5.75 Å². The van der Waals surface area contributed by atoms with Crippen molar-refractivity contribution in [3.63, 3.8) is 0 Å². The lowest BCUT2D eigenvalue weighted by Crippen LogP contribution is -2.35. The Balaban J connectivity index is 1.32. The van der Waals surface area contributed by atoms with Crippen LogP contribution in [0.4, 0.5) is 5.69 Å². The van der Waals surface area contributed by atoms with Gasteiger partial charge in [0.05, 0.1) is 31.0 Å². The summed E-state index contributed by atoms with van der Waals surface area (Å²) >= 11 is 0. The van der Waals surface area contributed by atoms with Gasteiger partial charge in [0.15, 0.2) is 5.75 Å². The zero-order valence-electron chi connectivity index (χ0n) is 24.8. The lowest BCUT2D eigenvalue weighted by Gasteiger charge is -2.33. The van der Waals surface area contributed by atoms with Crippen molar-refractivity contribution in [3.05, 3.63) is 117 Å². The van der Waals surface area contributed by atoms with Crippen LogP contribution in [0.15, 0.2) is 77.6 Å². The molecule has 43 heavy (non-hydrogen) atoms. The number of amides is 1. The molecule has 1 fully saturated rings. The molecule has 0 bridgehead atoms. The summed E-state index contributed by atoms with van der Waals surface area (Å²) in [5.74, 6) is 0.296. The van der Waals surface area contributed by atoms with Crippen LogP contribution in [-0.4, -0.2) is 55.2 Å². The Morgan fingerprint density at radius 2 is 1.60 bits per heavy atom. The van der Waals surface area contributed by atoms with Gasteiger partial charge in [-0.15, -0.1) is 0 Å². The molecule has 0 atom stereocenters. The van der Waals surface area contributed by atoms with Crippen molar-refractivity contribution in [3.8, 4) is 16.9 Å². The highest BCUT2D eigenvalue weighted by atomic mass is 16.5. The number of hydrogen-bond donors (Lipinski definition) is 2. The zero-order chi connectivity index (χ0) is 29.8. The molecule has 0 saturated carbocycles. The van der Waals surface area contributed by atoms with Crippen LogP contribution in [0.2, 0.25) is 0 Å². The largest absolute Gasteiger partial charge is 0.489 e. The van der Waals surface area contributed by atoms with E-state index >= 15 is 0 Å². The van der Waals surface area contributed by atoms with E-state index in [1.54, 1.807) is 0 Å². The first kappa shape index (κ1) is 28.7. The normalized spacial score (nSPS) is 15.1. The minimum atomic E-state index is -0.275. The van der Waals surface area contributed by atoms with E-state index in [9.17, 15) is 9.59 Å². The van der Waals surface area contributed by atoms with Crippen LogP contribution in [0, 0.1) is 13.8 Å². The fourth-order valence-electron chi connectivity index (χ4n) is 5.87. The van der Waals surface area contributed by atoms with E-state index in [-0.39, 0.29) is 18.0 Å². The fraction of sp³-hybridized carbons (Fsp3) is 0.314. The van der Waals surface area contributed by atoms with E-state index in [0.29, 0.717) is 36.6 Å². The fourth-order valence-corrected chi connectivity index (χ4v) is 5.87. The first-order valence-electron chi connectivity index (χ1n) is 14.9. The zero-order valence-corrected chi connectivity index (χ0v) is 24.8. The van der Waals surface area contributed by atoms with Crippen molar-refractivity contribution in [2.24, 2.45) is 0 Å². The van der Waals surface area contributed by atoms with Gasteiger partial charge in [-0.1, -0.05) is 54.6 Å². The Morgan fingerprint density at radius 1 is 0.860 bits per heavy atom. The molecule has 3 heterocycles. The molecule has 3 aromatic carbocycles. The van der Waals surface area contributed by atoms with Crippen molar-refractivity contribution in [2.75, 3.05) is 44.4 Å². The van der Waals surface area contributed by atoms with Gasteiger partial charge in [0.2, 0.25) is 0 Å². The van der Waals surface area contributed by atoms with E-state index in [1.165, 1.54) is 11.1 Å². The molecule has 2 aliphatic heterocycles. The number of nitrogens with one attached hydrogen (secondary N) is 2. The number of aromatic amines is 1. The summed E-state index contributed by atoms with van der Waals surface area (Å²) in [6.07, 6.45) is 0. The van der Waals surface area contributed by atoms with Crippen LogP contribution in [0.1, 0.15) is 38.3 Å². The SMILES string of the molecule is Cc1cc(C)c(CNC(=O)c2cc(-c3ccc(CN4CCOCC4)cc3)cc3c2OCCN3Cc2ccccc2)c(=O)[nH]1. The van der Waals surface area contributed by atoms with Gasteiger partial charge in [0, 0.05) is 44.0 Å². The number of anilines is 1. The molecule has 8 nitrogen and oxygen atoms in total. The van der Waals surface area contributed by atoms with E-state index in [2.05, 4.69) is 62.6 Å². The van der Waals surface area contributed by atoms with Crippen LogP contribution in [0.25, 0.3) is 11.1 Å². The average Bonchev–Trinajstić information content (AvgIpc) is 3.01. The van der Waals surface area contributed by atoms with Crippen molar-refractivity contribution in [1.29, 1.82) is 0 Å². The first-order valence-corrected chi connectivity index (χ1v) is 14.9. The summed E-state index contributed by atoms with van der Waals surface area (Å²) in [4.78, 5) is 33.9. The van der Waals surface area contributed by atoms with Crippen molar-refractivity contribution in [1.82, 2.24) is 15.2 Å². The maximum Gasteiger partial charge on any atom is 0.255 e. The standard InChI is InChI=1S/C35H38N4O4/c1-24-18-25(2)37-35(41)31(24)21-36-34(40)30-19-29(28-10-8-27(9-11-28)22-38-12-15-42-16-13-38)20-32-33(30)43-17-14-39(32)23-26-6-4-3-5-7-26/h3-11,18-20H,12-17,21-23H2,1-2H3,(H,36,40)(H,37,41). The molecule has 0 radical (unpaired) electrons. The van der Waals surface area contributed by atoms with Crippen molar-refractivity contribution < 1.29 is 14.3 Å². The highest BCUT2D eigenvalue weighted by Crippen LogP contribution is 2.40. The Kier molecular flexibility index (Phi) is 8.58. The highest BCUT2D eigenvalue weighted by molar-refractivity contribution is 6.01. The lowest BCUT2D eigenvalue weighted by atomic mass is 9.98. The monoisotopic (exact) mass is 578 g/mol. The summed E-state index contributed by atoms with van der Waals surface area (Å²) in [5.41, 5.74) is 7.75. The van der Waals surface area contributed by atoms with Crippen LogP contribution >= 0.6 is 0 Å². The number of nitrogens with zero attached hydrogens (tertiary/aromatic N) is 2. The molecular formula is C35H38N4O4. The van der Waals surface area contributed by atoms with Gasteiger partial charge in [-0.05, 0) is 59.9 Å². The van der Waals surface area contributed by atoms with Crippen LogP contribution in [0.3, 0.4) is 0 Å². The van der Waals surface area contributed by atoms with Gasteiger partial charge in [-0.3, -0.25) is 14.5 Å². The number of aromatic nitrogens is 1. The Labute approximate surface area is 252 Å². The number of H-pyrrole nitrogens is 1. The number of morpholine rings is 1. The number of aryl methyl sites for hydroxylation is 2. The number of carbonyl (C=O) groups is 1. The molecule has 8 heteroatoms. The third-order valence-corrected chi connectivity index (χ3v) is 8.20. The number of fused-ring (bicyclic) bond motifs is 1. The summed E-state index contributed by atoms with van der Waals surface area (Å²) in [6, 6.07) is 24.8. The van der Waals surface area contributed by atoms with E-state index < -0.39 is 0 Å². The predicted octanol–water partition coefficient (Wildman–Crippen LogP) is 4.82. The van der Waals surface area contributed by atoms with Gasteiger partial charge in [0.1, 0.15) is 6.61 Å². The first-order chi connectivity index (χ1) is 20.9. The number of rotatable bonds is 8. The number of benzene rings is 3. The molecule has 1 amide bonds. The van der Waals surface area contributed by atoms with Gasteiger partial charge in [-0.25, -0.2) is 0 Å². The smallest absolute Gasteiger partial charge is 0.255 e. The molecule has 4 aromatic rings. The minimum Gasteiger partial charge on any atom is -0.489 e. The Bertz CT molecular complexity index is 1640. The predicted molar refractivity (Wildman–Crippen MR) is 169 cm³/mol. The van der Waals surface area contributed by atoms with Crippen molar-refractivity contribution >= 4 is 11.6 Å². The molecular weight excluding hydrogens is 540 g/mol. The van der Waals surface area contributed by atoms with Gasteiger partial charge in [-0.2, -0.15) is 0 Å². The van der Waals surface area contributed by atoms with Crippen LogP contribution in [-0.2, 0) is 24.4 Å². The summed E-state index contributed by atoms with van der Waals surface area (Å²) in [6.45, 7) is 10.1. The molecule has 222 valence electrons.